The van der Waals surface area contributed by atoms with E-state index < -0.39 is 6.04 Å². The molecule has 1 unspecified atom stereocenters. The molecule has 2 N–H and O–H groups in total. The van der Waals surface area contributed by atoms with E-state index >= 15 is 0 Å². The highest BCUT2D eigenvalue weighted by atomic mass is 32.2. The molecule has 4 nitrogen and oxygen atoms in total. The van der Waals surface area contributed by atoms with Crippen molar-refractivity contribution in [3.05, 3.63) is 29.8 Å². The molecule has 1 fully saturated rings. The van der Waals surface area contributed by atoms with Crippen molar-refractivity contribution in [1.82, 2.24) is 10.6 Å². The molecule has 0 aromatic heterocycles. The fraction of sp³-hybridized carbons (Fsp3) is 0.385. The summed E-state index contributed by atoms with van der Waals surface area (Å²) in [5.74, 6) is 0.580. The van der Waals surface area contributed by atoms with E-state index in [2.05, 4.69) is 15.6 Å². The lowest BCUT2D eigenvalue weighted by Gasteiger charge is -2.05. The molecule has 94 valence electrons. The summed E-state index contributed by atoms with van der Waals surface area (Å²) in [6, 6.07) is 8.09. The normalized spacial score (nSPS) is 22.6. The van der Waals surface area contributed by atoms with Crippen molar-refractivity contribution in [3.63, 3.8) is 0 Å². The standard InChI is InChI=1S/C13H15N3OS/c1-18-10-6-2-8(3-7-10)11-12(17)16-13(15-11)14-9-4-5-9/h2-3,6-7,9,11H,4-5H2,1H3,(H2,14,15,16,17). The van der Waals surface area contributed by atoms with Gasteiger partial charge < -0.3 is 5.32 Å². The summed E-state index contributed by atoms with van der Waals surface area (Å²) in [6.07, 6.45) is 4.37. The zero-order valence-corrected chi connectivity index (χ0v) is 11.0. The van der Waals surface area contributed by atoms with E-state index in [1.165, 1.54) is 17.7 Å². The molecule has 1 amide bonds. The van der Waals surface area contributed by atoms with Crippen LogP contribution in [0.3, 0.4) is 0 Å². The smallest absolute Gasteiger partial charge is 0.256 e. The molecule has 0 radical (unpaired) electrons. The summed E-state index contributed by atoms with van der Waals surface area (Å²) in [4.78, 5) is 17.5. The quantitative estimate of drug-likeness (QED) is 0.814. The van der Waals surface area contributed by atoms with E-state index in [0.29, 0.717) is 12.0 Å². The summed E-state index contributed by atoms with van der Waals surface area (Å²) in [6.45, 7) is 0. The predicted octanol–water partition coefficient (Wildman–Crippen LogP) is 1.69. The molecule has 1 heterocycles. The Hall–Kier alpha value is -1.49. The highest BCUT2D eigenvalue weighted by Gasteiger charge is 2.31. The first-order valence-corrected chi connectivity index (χ1v) is 7.28. The molecule has 5 heteroatoms. The van der Waals surface area contributed by atoms with Gasteiger partial charge in [-0.15, -0.1) is 11.8 Å². The van der Waals surface area contributed by atoms with Gasteiger partial charge in [0.05, 0.1) is 0 Å². The lowest BCUT2D eigenvalue weighted by Crippen LogP contribution is -2.37. The van der Waals surface area contributed by atoms with Crippen molar-refractivity contribution in [2.75, 3.05) is 6.26 Å². The summed E-state index contributed by atoms with van der Waals surface area (Å²) < 4.78 is 0. The van der Waals surface area contributed by atoms with Gasteiger partial charge in [0, 0.05) is 10.9 Å². The first kappa shape index (κ1) is 11.6. The van der Waals surface area contributed by atoms with Crippen LogP contribution in [0.2, 0.25) is 0 Å². The number of amides is 1. The van der Waals surface area contributed by atoms with Crippen LogP contribution in [-0.2, 0) is 4.79 Å². The maximum absolute atomic E-state index is 11.9. The topological polar surface area (TPSA) is 53.5 Å². The minimum absolute atomic E-state index is 0.0462. The zero-order chi connectivity index (χ0) is 12.5. The van der Waals surface area contributed by atoms with Gasteiger partial charge in [0.1, 0.15) is 0 Å². The van der Waals surface area contributed by atoms with Crippen LogP contribution in [0.4, 0.5) is 0 Å². The second-order valence-electron chi connectivity index (χ2n) is 4.56. The molecular formula is C13H15N3OS. The largest absolute Gasteiger partial charge is 0.353 e. The molecule has 1 aromatic rings. The highest BCUT2D eigenvalue weighted by Crippen LogP contribution is 2.25. The third-order valence-corrected chi connectivity index (χ3v) is 3.84. The van der Waals surface area contributed by atoms with E-state index in [4.69, 9.17) is 0 Å². The minimum Gasteiger partial charge on any atom is -0.353 e. The molecule has 1 aliphatic carbocycles. The van der Waals surface area contributed by atoms with Gasteiger partial charge in [0.2, 0.25) is 0 Å². The van der Waals surface area contributed by atoms with Gasteiger partial charge in [0.15, 0.2) is 12.0 Å². The monoisotopic (exact) mass is 261 g/mol. The van der Waals surface area contributed by atoms with Gasteiger partial charge in [-0.2, -0.15) is 0 Å². The van der Waals surface area contributed by atoms with Crippen molar-refractivity contribution >= 4 is 23.6 Å². The second kappa shape index (κ2) is 4.65. The third-order valence-electron chi connectivity index (χ3n) is 3.10. The fourth-order valence-electron chi connectivity index (χ4n) is 1.91. The molecule has 2 aliphatic rings. The molecule has 1 atom stereocenters. The van der Waals surface area contributed by atoms with Crippen molar-refractivity contribution in [1.29, 1.82) is 0 Å². The molecule has 1 saturated carbocycles. The molecule has 1 aliphatic heterocycles. The molecule has 0 saturated heterocycles. The second-order valence-corrected chi connectivity index (χ2v) is 5.44. The Bertz CT molecular complexity index is 493. The maximum Gasteiger partial charge on any atom is 0.256 e. The Morgan fingerprint density at radius 1 is 1.33 bits per heavy atom. The van der Waals surface area contributed by atoms with Crippen LogP contribution in [0.25, 0.3) is 0 Å². The number of nitrogens with one attached hydrogen (secondary N) is 2. The van der Waals surface area contributed by atoms with E-state index in [-0.39, 0.29) is 5.91 Å². The Kier molecular flexibility index (Phi) is 2.99. The van der Waals surface area contributed by atoms with Gasteiger partial charge in [-0.1, -0.05) is 12.1 Å². The van der Waals surface area contributed by atoms with Crippen molar-refractivity contribution in [3.8, 4) is 0 Å². The van der Waals surface area contributed by atoms with Crippen molar-refractivity contribution < 1.29 is 4.79 Å². The van der Waals surface area contributed by atoms with Crippen LogP contribution in [0, 0.1) is 0 Å². The van der Waals surface area contributed by atoms with Crippen molar-refractivity contribution in [2.24, 2.45) is 4.99 Å². The van der Waals surface area contributed by atoms with E-state index in [1.54, 1.807) is 11.8 Å². The number of benzene rings is 1. The molecule has 0 spiro atoms. The number of rotatable bonds is 3. The van der Waals surface area contributed by atoms with Crippen molar-refractivity contribution in [2.45, 2.75) is 29.8 Å². The van der Waals surface area contributed by atoms with Gasteiger partial charge in [-0.25, -0.2) is 4.99 Å². The number of carbonyl (C=O) groups excluding carboxylic acids is 1. The SMILES string of the molecule is CSc1ccc(C2N=C(NC3CC3)NC2=O)cc1. The van der Waals surface area contributed by atoms with E-state index in [0.717, 1.165) is 5.56 Å². The number of hydrogen-bond acceptors (Lipinski definition) is 4. The van der Waals surface area contributed by atoms with Crippen LogP contribution in [0.15, 0.2) is 34.2 Å². The van der Waals surface area contributed by atoms with Crippen LogP contribution in [0.5, 0.6) is 0 Å². The molecule has 18 heavy (non-hydrogen) atoms. The van der Waals surface area contributed by atoms with Crippen LogP contribution in [-0.4, -0.2) is 24.2 Å². The molecular weight excluding hydrogens is 246 g/mol. The number of nitrogens with zero attached hydrogens (tertiary/aromatic N) is 1. The fourth-order valence-corrected chi connectivity index (χ4v) is 2.32. The number of thioether (sulfide) groups is 1. The van der Waals surface area contributed by atoms with Crippen LogP contribution >= 0.6 is 11.8 Å². The van der Waals surface area contributed by atoms with Crippen LogP contribution < -0.4 is 10.6 Å². The predicted molar refractivity (Wildman–Crippen MR) is 72.7 cm³/mol. The average molecular weight is 261 g/mol. The molecule has 0 bridgehead atoms. The van der Waals surface area contributed by atoms with E-state index in [9.17, 15) is 4.79 Å². The first-order chi connectivity index (χ1) is 8.76. The number of guanidine groups is 1. The minimum atomic E-state index is -0.401. The summed E-state index contributed by atoms with van der Waals surface area (Å²) in [7, 11) is 0. The summed E-state index contributed by atoms with van der Waals surface area (Å²) in [5, 5.41) is 6.02. The zero-order valence-electron chi connectivity index (χ0n) is 10.1. The summed E-state index contributed by atoms with van der Waals surface area (Å²) in [5.41, 5.74) is 0.942. The molecule has 3 rings (SSSR count). The van der Waals surface area contributed by atoms with Gasteiger partial charge in [-0.05, 0) is 36.8 Å². The first-order valence-electron chi connectivity index (χ1n) is 6.05. The Morgan fingerprint density at radius 2 is 2.06 bits per heavy atom. The van der Waals surface area contributed by atoms with Gasteiger partial charge >= 0.3 is 0 Å². The summed E-state index contributed by atoms with van der Waals surface area (Å²) >= 11 is 1.69. The Morgan fingerprint density at radius 3 is 2.67 bits per heavy atom. The lowest BCUT2D eigenvalue weighted by atomic mass is 10.1. The van der Waals surface area contributed by atoms with Gasteiger partial charge in [-0.3, -0.25) is 10.1 Å². The van der Waals surface area contributed by atoms with E-state index in [1.807, 2.05) is 30.5 Å². The molecule has 1 aromatic carbocycles. The van der Waals surface area contributed by atoms with Gasteiger partial charge in [0.25, 0.3) is 5.91 Å². The number of aliphatic imine (C=N–C) groups is 1. The number of carbonyl (C=O) groups is 1. The highest BCUT2D eigenvalue weighted by molar-refractivity contribution is 7.98. The van der Waals surface area contributed by atoms with Crippen LogP contribution in [0.1, 0.15) is 24.4 Å². The number of hydrogen-bond donors (Lipinski definition) is 2. The average Bonchev–Trinajstić information content (AvgIpc) is 3.12. The maximum atomic E-state index is 11.9. The Labute approximate surface area is 110 Å². The Balaban J connectivity index is 1.77. The lowest BCUT2D eigenvalue weighted by molar-refractivity contribution is -0.120. The third kappa shape index (κ3) is 2.36.